The highest BCUT2D eigenvalue weighted by Gasteiger charge is 2.12. The average molecular weight is 306 g/mol. The van der Waals surface area contributed by atoms with Crippen molar-refractivity contribution in [1.82, 2.24) is 10.3 Å². The molecule has 0 atom stereocenters. The van der Waals surface area contributed by atoms with Crippen LogP contribution < -0.4 is 5.32 Å². The molecule has 0 saturated heterocycles. The molecule has 1 aromatic carbocycles. The van der Waals surface area contributed by atoms with Crippen LogP contribution in [0.25, 0.3) is 11.3 Å². The first-order valence-corrected chi connectivity index (χ1v) is 6.63. The van der Waals surface area contributed by atoms with E-state index in [2.05, 4.69) is 15.0 Å². The molecule has 22 heavy (non-hydrogen) atoms. The number of benzene rings is 1. The van der Waals surface area contributed by atoms with Crippen LogP contribution in [0.1, 0.15) is 12.3 Å². The molecule has 0 aliphatic heterocycles. The van der Waals surface area contributed by atoms with Gasteiger partial charge in [0, 0.05) is 12.8 Å². The lowest BCUT2D eigenvalue weighted by Gasteiger charge is -2.02. The highest BCUT2D eigenvalue weighted by Crippen LogP contribution is 2.23. The van der Waals surface area contributed by atoms with Gasteiger partial charge in [-0.1, -0.05) is 12.1 Å². The van der Waals surface area contributed by atoms with Crippen molar-refractivity contribution in [3.8, 4) is 11.3 Å². The van der Waals surface area contributed by atoms with E-state index in [1.807, 2.05) is 0 Å². The molecule has 0 saturated carbocycles. The summed E-state index contributed by atoms with van der Waals surface area (Å²) in [4.78, 5) is 26.4. The molecule has 0 unspecified atom stereocenters. The quantitative estimate of drug-likeness (QED) is 0.822. The summed E-state index contributed by atoms with van der Waals surface area (Å²) >= 11 is 0. The Bertz CT molecular complexity index is 669. The number of methoxy groups -OCH3 is 1. The van der Waals surface area contributed by atoms with Crippen LogP contribution in [-0.2, 0) is 20.7 Å². The van der Waals surface area contributed by atoms with E-state index in [-0.39, 0.29) is 25.3 Å². The lowest BCUT2D eigenvalue weighted by molar-refractivity contribution is -0.141. The van der Waals surface area contributed by atoms with Crippen LogP contribution in [0.15, 0.2) is 34.9 Å². The van der Waals surface area contributed by atoms with Crippen molar-refractivity contribution in [2.45, 2.75) is 12.8 Å². The van der Waals surface area contributed by atoms with Gasteiger partial charge in [0.25, 0.3) is 0 Å². The van der Waals surface area contributed by atoms with Crippen LogP contribution in [0, 0.1) is 5.82 Å². The van der Waals surface area contributed by atoms with E-state index in [1.54, 1.807) is 18.2 Å². The molecule has 1 aromatic heterocycles. The van der Waals surface area contributed by atoms with Gasteiger partial charge in [-0.15, -0.1) is 0 Å². The number of carbonyl (C=O) groups is 2. The Kier molecular flexibility index (Phi) is 5.24. The van der Waals surface area contributed by atoms with Gasteiger partial charge in [-0.05, 0) is 12.1 Å². The molecule has 7 heteroatoms. The molecule has 0 aliphatic rings. The third-order valence-corrected chi connectivity index (χ3v) is 2.92. The fraction of sp³-hybridized carbons (Fsp3) is 0.267. The molecule has 6 nitrogen and oxygen atoms in total. The number of aromatic nitrogens is 1. The number of amides is 1. The van der Waals surface area contributed by atoms with Gasteiger partial charge in [-0.2, -0.15) is 0 Å². The number of hydrogen-bond donors (Lipinski definition) is 1. The van der Waals surface area contributed by atoms with Gasteiger partial charge in [0.1, 0.15) is 12.4 Å². The standard InChI is InChI=1S/C15H15FN2O4/c1-21-15(20)9-17-13(19)6-7-14-18-8-12(22-14)10-4-2-3-5-11(10)16/h2-5,8H,6-7,9H2,1H3,(H,17,19). The monoisotopic (exact) mass is 306 g/mol. The Morgan fingerprint density at radius 2 is 2.14 bits per heavy atom. The summed E-state index contributed by atoms with van der Waals surface area (Å²) in [5, 5.41) is 2.41. The molecule has 1 amide bonds. The molecule has 1 N–H and O–H groups in total. The van der Waals surface area contributed by atoms with Crippen molar-refractivity contribution < 1.29 is 23.1 Å². The lowest BCUT2D eigenvalue weighted by Crippen LogP contribution is -2.30. The Morgan fingerprint density at radius 1 is 1.36 bits per heavy atom. The first kappa shape index (κ1) is 15.7. The van der Waals surface area contributed by atoms with Gasteiger partial charge in [0.2, 0.25) is 5.91 Å². The van der Waals surface area contributed by atoms with Gasteiger partial charge in [-0.25, -0.2) is 9.37 Å². The molecule has 1 heterocycles. The molecule has 0 bridgehead atoms. The van der Waals surface area contributed by atoms with Crippen LogP contribution in [0.5, 0.6) is 0 Å². The minimum absolute atomic E-state index is 0.105. The van der Waals surface area contributed by atoms with Crippen molar-refractivity contribution in [2.24, 2.45) is 0 Å². The highest BCUT2D eigenvalue weighted by molar-refractivity contribution is 5.81. The first-order valence-electron chi connectivity index (χ1n) is 6.63. The number of nitrogens with one attached hydrogen (secondary N) is 1. The maximum atomic E-state index is 13.6. The topological polar surface area (TPSA) is 81.4 Å². The summed E-state index contributed by atoms with van der Waals surface area (Å²) in [6, 6.07) is 6.20. The third-order valence-electron chi connectivity index (χ3n) is 2.92. The normalized spacial score (nSPS) is 10.3. The number of ether oxygens (including phenoxy) is 1. The van der Waals surface area contributed by atoms with Crippen molar-refractivity contribution in [3.63, 3.8) is 0 Å². The van der Waals surface area contributed by atoms with Crippen molar-refractivity contribution >= 4 is 11.9 Å². The molecule has 116 valence electrons. The smallest absolute Gasteiger partial charge is 0.325 e. The largest absolute Gasteiger partial charge is 0.468 e. The fourth-order valence-electron chi connectivity index (χ4n) is 1.76. The Morgan fingerprint density at radius 3 is 2.86 bits per heavy atom. The van der Waals surface area contributed by atoms with Crippen molar-refractivity contribution in [1.29, 1.82) is 0 Å². The third kappa shape index (κ3) is 4.15. The number of carbonyl (C=O) groups excluding carboxylic acids is 2. The SMILES string of the molecule is COC(=O)CNC(=O)CCc1ncc(-c2ccccc2F)o1. The van der Waals surface area contributed by atoms with Crippen molar-refractivity contribution in [3.05, 3.63) is 42.2 Å². The molecule has 2 aromatic rings. The molecule has 0 aliphatic carbocycles. The Hall–Kier alpha value is -2.70. The molecular formula is C15H15FN2O4. The molecule has 0 spiro atoms. The van der Waals surface area contributed by atoms with E-state index in [1.165, 1.54) is 19.4 Å². The summed E-state index contributed by atoms with van der Waals surface area (Å²) in [5.41, 5.74) is 0.316. The maximum absolute atomic E-state index is 13.6. The zero-order chi connectivity index (χ0) is 15.9. The van der Waals surface area contributed by atoms with Crippen LogP contribution in [0.2, 0.25) is 0 Å². The van der Waals surface area contributed by atoms with Crippen molar-refractivity contribution in [2.75, 3.05) is 13.7 Å². The molecular weight excluding hydrogens is 291 g/mol. The van der Waals surface area contributed by atoms with Gasteiger partial charge >= 0.3 is 5.97 Å². The first-order chi connectivity index (χ1) is 10.6. The second-order valence-corrected chi connectivity index (χ2v) is 4.45. The number of esters is 1. The van der Waals surface area contributed by atoms with Gasteiger partial charge < -0.3 is 14.5 Å². The summed E-state index contributed by atoms with van der Waals surface area (Å²) in [6.07, 6.45) is 1.77. The Labute approximate surface area is 126 Å². The van der Waals surface area contributed by atoms with Crippen LogP contribution in [-0.4, -0.2) is 30.5 Å². The predicted octanol–water partition coefficient (Wildman–Crippen LogP) is 1.70. The molecule has 0 fully saturated rings. The zero-order valence-electron chi connectivity index (χ0n) is 12.0. The van der Waals surface area contributed by atoms with Crippen LogP contribution >= 0.6 is 0 Å². The van der Waals surface area contributed by atoms with E-state index in [0.717, 1.165) is 0 Å². The van der Waals surface area contributed by atoms with Gasteiger partial charge in [0.05, 0.1) is 18.9 Å². The predicted molar refractivity (Wildman–Crippen MR) is 75.2 cm³/mol. The number of nitrogens with zero attached hydrogens (tertiary/aromatic N) is 1. The summed E-state index contributed by atoms with van der Waals surface area (Å²) in [6.45, 7) is -0.179. The molecule has 2 rings (SSSR count). The van der Waals surface area contributed by atoms with Gasteiger partial charge in [-0.3, -0.25) is 9.59 Å². The average Bonchev–Trinajstić information content (AvgIpc) is 2.99. The summed E-state index contributed by atoms with van der Waals surface area (Å²) in [5.74, 6) is -0.613. The number of aryl methyl sites for hydroxylation is 1. The van der Waals surface area contributed by atoms with E-state index in [9.17, 15) is 14.0 Å². The lowest BCUT2D eigenvalue weighted by atomic mass is 10.2. The van der Waals surface area contributed by atoms with E-state index < -0.39 is 11.8 Å². The summed E-state index contributed by atoms with van der Waals surface area (Å²) in [7, 11) is 1.24. The minimum atomic E-state index is -0.522. The fourth-order valence-corrected chi connectivity index (χ4v) is 1.76. The number of hydrogen-bond acceptors (Lipinski definition) is 5. The maximum Gasteiger partial charge on any atom is 0.325 e. The van der Waals surface area contributed by atoms with Gasteiger partial charge in [0.15, 0.2) is 11.7 Å². The van der Waals surface area contributed by atoms with E-state index >= 15 is 0 Å². The number of rotatable bonds is 6. The van der Waals surface area contributed by atoms with Crippen LogP contribution in [0.3, 0.4) is 0 Å². The summed E-state index contributed by atoms with van der Waals surface area (Å²) < 4.78 is 23.4. The second-order valence-electron chi connectivity index (χ2n) is 4.45. The second kappa shape index (κ2) is 7.35. The zero-order valence-corrected chi connectivity index (χ0v) is 12.0. The van der Waals surface area contributed by atoms with E-state index in [0.29, 0.717) is 17.2 Å². The van der Waals surface area contributed by atoms with Crippen LogP contribution in [0.4, 0.5) is 4.39 Å². The number of oxazole rings is 1. The van der Waals surface area contributed by atoms with E-state index in [4.69, 9.17) is 4.42 Å². The minimum Gasteiger partial charge on any atom is -0.468 e. The Balaban J connectivity index is 1.89. The highest BCUT2D eigenvalue weighted by atomic mass is 19.1. The molecule has 0 radical (unpaired) electrons. The number of halogens is 1.